The van der Waals surface area contributed by atoms with E-state index in [0.29, 0.717) is 12.3 Å². The summed E-state index contributed by atoms with van der Waals surface area (Å²) in [5.74, 6) is 0.558. The minimum atomic E-state index is 0.000324. The van der Waals surface area contributed by atoms with Crippen LogP contribution in [0.25, 0.3) is 0 Å². The Hall–Kier alpha value is -1.35. The molecule has 1 aromatic rings. The second kappa shape index (κ2) is 5.74. The number of benzene rings is 1. The van der Waals surface area contributed by atoms with E-state index in [1.165, 1.54) is 5.56 Å². The molecule has 104 valence electrons. The first kappa shape index (κ1) is 14.1. The molecule has 0 heterocycles. The van der Waals surface area contributed by atoms with E-state index in [4.69, 9.17) is 5.11 Å². The van der Waals surface area contributed by atoms with Crippen LogP contribution < -0.4 is 5.32 Å². The van der Waals surface area contributed by atoms with Gasteiger partial charge in [-0.2, -0.15) is 0 Å². The number of aliphatic hydroxyl groups excluding tert-OH is 1. The van der Waals surface area contributed by atoms with Crippen molar-refractivity contribution in [2.24, 2.45) is 5.92 Å². The molecular weight excluding hydrogens is 238 g/mol. The first-order valence-electron chi connectivity index (χ1n) is 7.02. The summed E-state index contributed by atoms with van der Waals surface area (Å²) >= 11 is 0. The van der Waals surface area contributed by atoms with E-state index in [1.54, 1.807) is 0 Å². The summed E-state index contributed by atoms with van der Waals surface area (Å²) in [6.45, 7) is 6.13. The van der Waals surface area contributed by atoms with E-state index < -0.39 is 0 Å². The van der Waals surface area contributed by atoms with Gasteiger partial charge >= 0.3 is 0 Å². The summed E-state index contributed by atoms with van der Waals surface area (Å²) in [5.41, 5.74) is 4.01. The topological polar surface area (TPSA) is 49.3 Å². The molecule has 1 atom stereocenters. The molecule has 0 aliphatic heterocycles. The number of hydrogen-bond donors (Lipinski definition) is 2. The largest absolute Gasteiger partial charge is 0.396 e. The maximum atomic E-state index is 12.4. The fraction of sp³-hybridized carbons (Fsp3) is 0.562. The maximum absolute atomic E-state index is 12.4. The molecule has 1 aliphatic carbocycles. The monoisotopic (exact) mass is 261 g/mol. The first-order chi connectivity index (χ1) is 9.02. The van der Waals surface area contributed by atoms with Gasteiger partial charge in [-0.05, 0) is 57.1 Å². The maximum Gasteiger partial charge on any atom is 0.252 e. The lowest BCUT2D eigenvalue weighted by Gasteiger charge is -2.19. The van der Waals surface area contributed by atoms with Gasteiger partial charge in [-0.15, -0.1) is 0 Å². The van der Waals surface area contributed by atoms with Crippen molar-refractivity contribution in [1.29, 1.82) is 0 Å². The molecule has 2 rings (SSSR count). The van der Waals surface area contributed by atoms with Gasteiger partial charge in [-0.3, -0.25) is 4.79 Å². The molecule has 0 saturated heterocycles. The lowest BCUT2D eigenvalue weighted by molar-refractivity contribution is 0.0923. The van der Waals surface area contributed by atoms with Crippen molar-refractivity contribution < 1.29 is 9.90 Å². The van der Waals surface area contributed by atoms with Crippen LogP contribution in [0.4, 0.5) is 0 Å². The van der Waals surface area contributed by atoms with Crippen molar-refractivity contribution >= 4 is 5.91 Å². The fourth-order valence-electron chi connectivity index (χ4n) is 2.84. The van der Waals surface area contributed by atoms with Crippen LogP contribution in [0.2, 0.25) is 0 Å². The Morgan fingerprint density at radius 2 is 1.89 bits per heavy atom. The Kier molecular flexibility index (Phi) is 4.25. The van der Waals surface area contributed by atoms with Crippen LogP contribution in [0.15, 0.2) is 12.1 Å². The zero-order valence-electron chi connectivity index (χ0n) is 12.0. The molecule has 0 spiro atoms. The van der Waals surface area contributed by atoms with Crippen LogP contribution >= 0.6 is 0 Å². The molecule has 0 radical (unpaired) electrons. The molecule has 3 nitrogen and oxygen atoms in total. The fourth-order valence-corrected chi connectivity index (χ4v) is 2.84. The Morgan fingerprint density at radius 1 is 1.32 bits per heavy atom. The summed E-state index contributed by atoms with van der Waals surface area (Å²) in [5, 5.41) is 12.2. The second-order valence-electron chi connectivity index (χ2n) is 5.70. The molecule has 1 unspecified atom stereocenters. The summed E-state index contributed by atoms with van der Waals surface area (Å²) < 4.78 is 0. The van der Waals surface area contributed by atoms with Gasteiger partial charge in [0.05, 0.1) is 0 Å². The normalized spacial score (nSPS) is 16.2. The number of aryl methyl sites for hydroxylation is 3. The molecule has 1 amide bonds. The molecule has 3 heteroatoms. The SMILES string of the molecule is Cc1cc(C)c(C(=O)NC(CCO)C2CC2)c(C)c1. The van der Waals surface area contributed by atoms with Crippen molar-refractivity contribution in [3.8, 4) is 0 Å². The molecule has 1 aromatic carbocycles. The standard InChI is InChI=1S/C16H23NO2/c1-10-8-11(2)15(12(3)9-10)16(19)17-14(6-7-18)13-4-5-13/h8-9,13-14,18H,4-7H2,1-3H3,(H,17,19). The minimum Gasteiger partial charge on any atom is -0.396 e. The zero-order valence-corrected chi connectivity index (χ0v) is 12.0. The lowest BCUT2D eigenvalue weighted by Crippen LogP contribution is -2.37. The predicted octanol–water partition coefficient (Wildman–Crippen LogP) is 2.50. The Morgan fingerprint density at radius 3 is 2.37 bits per heavy atom. The van der Waals surface area contributed by atoms with E-state index >= 15 is 0 Å². The summed E-state index contributed by atoms with van der Waals surface area (Å²) in [4.78, 5) is 12.4. The predicted molar refractivity (Wildman–Crippen MR) is 76.3 cm³/mol. The minimum absolute atomic E-state index is 0.000324. The lowest BCUT2D eigenvalue weighted by atomic mass is 9.98. The highest BCUT2D eigenvalue weighted by Crippen LogP contribution is 2.34. The Bertz CT molecular complexity index is 455. The molecule has 1 saturated carbocycles. The quantitative estimate of drug-likeness (QED) is 0.855. The van der Waals surface area contributed by atoms with Crippen LogP contribution in [0, 0.1) is 26.7 Å². The van der Waals surface area contributed by atoms with E-state index in [-0.39, 0.29) is 18.6 Å². The van der Waals surface area contributed by atoms with Gasteiger partial charge in [0.15, 0.2) is 0 Å². The molecule has 1 aliphatic rings. The van der Waals surface area contributed by atoms with Crippen LogP contribution in [0.3, 0.4) is 0 Å². The van der Waals surface area contributed by atoms with Gasteiger partial charge in [0, 0.05) is 18.2 Å². The Labute approximate surface area is 115 Å². The van der Waals surface area contributed by atoms with Crippen LogP contribution in [-0.4, -0.2) is 23.7 Å². The summed E-state index contributed by atoms with van der Waals surface area (Å²) in [6, 6.07) is 4.21. The van der Waals surface area contributed by atoms with E-state index in [9.17, 15) is 4.79 Å². The number of carbonyl (C=O) groups excluding carboxylic acids is 1. The van der Waals surface area contributed by atoms with Crippen molar-refractivity contribution in [2.45, 2.75) is 46.1 Å². The summed E-state index contributed by atoms with van der Waals surface area (Å²) in [7, 11) is 0. The third-order valence-corrected chi connectivity index (χ3v) is 3.85. The summed E-state index contributed by atoms with van der Waals surface area (Å²) in [6.07, 6.45) is 2.98. The van der Waals surface area contributed by atoms with E-state index in [1.807, 2.05) is 32.9 Å². The van der Waals surface area contributed by atoms with Gasteiger partial charge in [0.25, 0.3) is 5.91 Å². The number of rotatable bonds is 5. The average Bonchev–Trinajstić information content (AvgIpc) is 3.10. The average molecular weight is 261 g/mol. The highest BCUT2D eigenvalue weighted by molar-refractivity contribution is 5.97. The van der Waals surface area contributed by atoms with Crippen molar-refractivity contribution in [1.82, 2.24) is 5.32 Å². The van der Waals surface area contributed by atoms with Crippen LogP contribution in [0.5, 0.6) is 0 Å². The zero-order chi connectivity index (χ0) is 14.0. The number of amides is 1. The Balaban J connectivity index is 2.15. The van der Waals surface area contributed by atoms with Gasteiger partial charge in [0.2, 0.25) is 0 Å². The van der Waals surface area contributed by atoms with Crippen LogP contribution in [-0.2, 0) is 0 Å². The molecule has 0 aromatic heterocycles. The van der Waals surface area contributed by atoms with Crippen molar-refractivity contribution in [3.05, 3.63) is 34.4 Å². The number of aliphatic hydroxyl groups is 1. The highest BCUT2D eigenvalue weighted by atomic mass is 16.3. The molecule has 2 N–H and O–H groups in total. The molecular formula is C16H23NO2. The van der Waals surface area contributed by atoms with Gasteiger partial charge in [-0.1, -0.05) is 17.7 Å². The number of hydrogen-bond acceptors (Lipinski definition) is 2. The third-order valence-electron chi connectivity index (χ3n) is 3.85. The van der Waals surface area contributed by atoms with Crippen molar-refractivity contribution in [3.63, 3.8) is 0 Å². The first-order valence-corrected chi connectivity index (χ1v) is 7.02. The van der Waals surface area contributed by atoms with Crippen molar-refractivity contribution in [2.75, 3.05) is 6.61 Å². The van der Waals surface area contributed by atoms with Gasteiger partial charge in [0.1, 0.15) is 0 Å². The van der Waals surface area contributed by atoms with E-state index in [2.05, 4.69) is 5.32 Å². The van der Waals surface area contributed by atoms with Gasteiger partial charge < -0.3 is 10.4 Å². The second-order valence-corrected chi connectivity index (χ2v) is 5.70. The van der Waals surface area contributed by atoms with Crippen LogP contribution in [0.1, 0.15) is 46.3 Å². The molecule has 19 heavy (non-hydrogen) atoms. The highest BCUT2D eigenvalue weighted by Gasteiger charge is 2.32. The number of carbonyl (C=O) groups is 1. The smallest absolute Gasteiger partial charge is 0.252 e. The van der Waals surface area contributed by atoms with Gasteiger partial charge in [-0.25, -0.2) is 0 Å². The third kappa shape index (κ3) is 3.35. The number of nitrogens with one attached hydrogen (secondary N) is 1. The molecule has 1 fully saturated rings. The van der Waals surface area contributed by atoms with E-state index in [0.717, 1.165) is 29.5 Å². The molecule has 0 bridgehead atoms.